The maximum Gasteiger partial charge on any atom is 0.351 e. The minimum Gasteiger partial charge on any atom is -0.350 e. The van der Waals surface area contributed by atoms with Crippen LogP contribution in [0.4, 0.5) is 42.0 Å². The van der Waals surface area contributed by atoms with Crippen molar-refractivity contribution in [2.45, 2.75) is 157 Å². The fourth-order valence-corrected chi connectivity index (χ4v) is 17.3. The van der Waals surface area contributed by atoms with Crippen LogP contribution in [0.2, 0.25) is 15.1 Å². The van der Waals surface area contributed by atoms with E-state index in [1.165, 1.54) is 41.0 Å². The van der Waals surface area contributed by atoms with Crippen LogP contribution in [0.15, 0.2) is 173 Å². The second-order valence-electron chi connectivity index (χ2n) is 32.6. The molecule has 23 nitrogen and oxygen atoms in total. The van der Waals surface area contributed by atoms with Crippen LogP contribution in [0.25, 0.3) is 44.8 Å². The molecule has 9 aromatic rings. The van der Waals surface area contributed by atoms with Crippen molar-refractivity contribution in [1.29, 1.82) is 0 Å². The molecule has 0 spiro atoms. The first kappa shape index (κ1) is 88.3. The third kappa shape index (κ3) is 17.5. The van der Waals surface area contributed by atoms with E-state index in [0.717, 1.165) is 41.4 Å². The Hall–Kier alpha value is -11.4. The molecular formula is C92H96BrCl3F3N19O4. The van der Waals surface area contributed by atoms with Gasteiger partial charge in [0.2, 0.25) is 17.7 Å². The quantitative estimate of drug-likeness (QED) is 0.0560. The molecule has 5 unspecified atom stereocenters. The number of aryl methyl sites for hydroxylation is 2. The molecule has 122 heavy (non-hydrogen) atoms. The molecule has 11 heterocycles. The lowest BCUT2D eigenvalue weighted by atomic mass is 9.95. The summed E-state index contributed by atoms with van der Waals surface area (Å²) >= 11 is 23.8. The highest BCUT2D eigenvalue weighted by atomic mass is 79.9. The normalized spacial score (nSPS) is 18.5. The number of pyridine rings is 3. The van der Waals surface area contributed by atoms with Gasteiger partial charge in [-0.1, -0.05) is 138 Å². The van der Waals surface area contributed by atoms with Crippen molar-refractivity contribution in [2.24, 2.45) is 15.4 Å². The van der Waals surface area contributed by atoms with Gasteiger partial charge in [0, 0.05) is 111 Å². The highest BCUT2D eigenvalue weighted by Crippen LogP contribution is 2.49. The first-order valence-electron chi connectivity index (χ1n) is 40.4. The zero-order valence-corrected chi connectivity index (χ0v) is 74.3. The van der Waals surface area contributed by atoms with Crippen LogP contribution in [-0.4, -0.2) is 174 Å². The summed E-state index contributed by atoms with van der Waals surface area (Å²) < 4.78 is 46.7. The number of aromatic nitrogens is 9. The number of anilines is 5. The average molecular weight is 1780 g/mol. The molecule has 5 aliphatic heterocycles. The van der Waals surface area contributed by atoms with Gasteiger partial charge in [-0.25, -0.2) is 62.8 Å². The molecule has 6 aromatic heterocycles. The van der Waals surface area contributed by atoms with E-state index in [-0.39, 0.29) is 93.2 Å². The van der Waals surface area contributed by atoms with Gasteiger partial charge in [0.25, 0.3) is 0 Å². The standard InChI is InChI=1S/C34H37ClFN7O.C31H32BrClFN7O.C27H27ClFN5O2/c1-8-28(44)41-16-20(5)42(17-19(41)4)33-25-15-26(35)30(24-11-9-10-12-27(24)36)40-34(25)43(22(7)38-33)31-21(6)37-32(23-13-14-23)39-29(31)18(2)3;1-8-25(42)39-14-18(5)40(15-17(39)4)29-22-13-23(33)27(21-11-9-10-12-24(21)34)37-30(22)41(20(7)36-29)28-19(6)35-31(32)38-26(28)16(2)3;1-6-22(35)32-12-13-33(17(3)15-32)25-19-14-20(28)23(18-10-8-9-11-21(18)29)30-24(19)34(26(36)31-25)16-27(4,5)7-2/h8-12,15,18-20,23H,1,7,13-14,16-17H2,2-6H3;8-13,16-18H,1,7,14-15H2,2-6H3;2,6,8-11,14,17H,1,12-13,15-16H2,3-5H3. The van der Waals surface area contributed by atoms with Crippen LogP contribution in [0.3, 0.4) is 0 Å². The lowest BCUT2D eigenvalue weighted by molar-refractivity contribution is -0.131. The summed E-state index contributed by atoms with van der Waals surface area (Å²) in [5, 5.41) is 1.36. The molecule has 30 heteroatoms. The van der Waals surface area contributed by atoms with E-state index in [1.54, 1.807) is 71.6 Å². The van der Waals surface area contributed by atoms with Crippen molar-refractivity contribution < 1.29 is 27.6 Å². The van der Waals surface area contributed by atoms with E-state index >= 15 is 8.78 Å². The van der Waals surface area contributed by atoms with Crippen molar-refractivity contribution in [3.05, 3.63) is 241 Å². The van der Waals surface area contributed by atoms with Gasteiger partial charge in [-0.3, -0.25) is 28.8 Å². The van der Waals surface area contributed by atoms with Crippen LogP contribution in [0.5, 0.6) is 0 Å². The van der Waals surface area contributed by atoms with Crippen molar-refractivity contribution in [3.8, 4) is 46.1 Å². The smallest absolute Gasteiger partial charge is 0.350 e. The van der Waals surface area contributed by atoms with Gasteiger partial charge in [0.15, 0.2) is 16.4 Å². The summed E-state index contributed by atoms with van der Waals surface area (Å²) in [6.45, 7) is 49.1. The molecule has 3 amide bonds. The van der Waals surface area contributed by atoms with Crippen molar-refractivity contribution in [3.63, 3.8) is 0 Å². The molecule has 4 fully saturated rings. The van der Waals surface area contributed by atoms with Gasteiger partial charge in [0.05, 0.1) is 82.8 Å². The summed E-state index contributed by atoms with van der Waals surface area (Å²) in [4.78, 5) is 114. The van der Waals surface area contributed by atoms with Gasteiger partial charge in [0.1, 0.15) is 58.1 Å². The second kappa shape index (κ2) is 35.9. The van der Waals surface area contributed by atoms with Crippen LogP contribution in [-0.2, 0) is 20.9 Å². The molecule has 15 rings (SSSR count). The fraction of sp³-hybridized carbons (Fsp3) is 0.348. The number of halogens is 7. The highest BCUT2D eigenvalue weighted by molar-refractivity contribution is 9.10. The Labute approximate surface area is 732 Å². The molecule has 3 aromatic carbocycles. The van der Waals surface area contributed by atoms with Gasteiger partial charge < -0.3 is 29.4 Å². The third-order valence-corrected chi connectivity index (χ3v) is 23.7. The summed E-state index contributed by atoms with van der Waals surface area (Å²) in [6.07, 6.45) is 11.9. The zero-order valence-electron chi connectivity index (χ0n) is 70.5. The Morgan fingerprint density at radius 2 is 0.975 bits per heavy atom. The Morgan fingerprint density at radius 1 is 0.549 bits per heavy atom. The minimum absolute atomic E-state index is 0.0364. The number of rotatable bonds is 14. The lowest BCUT2D eigenvalue weighted by Gasteiger charge is -2.46. The number of nitrogens with zero attached hydrogens (tertiary/aromatic N) is 19. The van der Waals surface area contributed by atoms with E-state index in [9.17, 15) is 23.6 Å². The molecule has 0 N–H and O–H groups in total. The van der Waals surface area contributed by atoms with E-state index in [2.05, 4.69) is 95.3 Å². The topological polar surface area (TPSA) is 227 Å². The molecule has 3 saturated heterocycles. The number of hydrogen-bond acceptors (Lipinski definition) is 19. The Kier molecular flexibility index (Phi) is 26.0. The summed E-state index contributed by atoms with van der Waals surface area (Å²) in [5.74, 6) is 5.96. The molecule has 1 aliphatic carbocycles. The number of terminal acetylenes is 1. The van der Waals surface area contributed by atoms with E-state index in [1.807, 2.05) is 99.8 Å². The predicted molar refractivity (Wildman–Crippen MR) is 482 cm³/mol. The predicted octanol–water partition coefficient (Wildman–Crippen LogP) is 18.3. The Balaban J connectivity index is 0.000000159. The van der Waals surface area contributed by atoms with E-state index in [4.69, 9.17) is 81.1 Å². The maximum absolute atomic E-state index is 15.1. The van der Waals surface area contributed by atoms with Crippen LogP contribution in [0, 0.1) is 49.1 Å². The van der Waals surface area contributed by atoms with Gasteiger partial charge in [-0.15, -0.1) is 6.42 Å². The molecule has 0 bridgehead atoms. The van der Waals surface area contributed by atoms with Crippen LogP contribution >= 0.6 is 50.7 Å². The third-order valence-electron chi connectivity index (χ3n) is 22.5. The first-order chi connectivity index (χ1) is 58.0. The van der Waals surface area contributed by atoms with Gasteiger partial charge >= 0.3 is 5.69 Å². The largest absolute Gasteiger partial charge is 0.351 e. The number of piperazine rings is 3. The minimum atomic E-state index is -0.663. The van der Waals surface area contributed by atoms with Gasteiger partial charge in [-0.2, -0.15) is 4.98 Å². The Morgan fingerprint density at radius 3 is 1.40 bits per heavy atom. The molecular weight excluding hydrogens is 1680 g/mol. The molecule has 6 aliphatic rings. The lowest BCUT2D eigenvalue weighted by Crippen LogP contribution is -2.59. The summed E-state index contributed by atoms with van der Waals surface area (Å²) in [7, 11) is 0. The van der Waals surface area contributed by atoms with Crippen LogP contribution < -0.4 is 20.4 Å². The number of hydrogen-bond donors (Lipinski definition) is 0. The number of benzene rings is 3. The molecule has 5 atom stereocenters. The van der Waals surface area contributed by atoms with Crippen molar-refractivity contribution in [1.82, 2.24) is 68.9 Å². The maximum atomic E-state index is 15.1. The van der Waals surface area contributed by atoms with Crippen LogP contribution in [0.1, 0.15) is 146 Å². The fourth-order valence-electron chi connectivity index (χ4n) is 16.1. The van der Waals surface area contributed by atoms with Crippen molar-refractivity contribution in [2.75, 3.05) is 60.5 Å². The van der Waals surface area contributed by atoms with E-state index in [0.29, 0.717) is 153 Å². The molecule has 0 radical (unpaired) electrons. The number of fused-ring (bicyclic) bond motifs is 3. The number of carbonyl (C=O) groups is 3. The first-order valence-corrected chi connectivity index (χ1v) is 42.3. The molecule has 1 saturated carbocycles. The van der Waals surface area contributed by atoms with Crippen molar-refractivity contribution >= 4 is 120 Å². The summed E-state index contributed by atoms with van der Waals surface area (Å²) in [5.41, 5.74) is 6.78. The SMILES string of the molecule is C#CC(C)(C)Cn1c(=O)nc(N2CCN(C(=O)C=C)CC2C)c2cc(Cl)c(-c3ccccc3F)nc21.C=CC(=O)N1CC(C)N(C2=NC(=C)N(c3c(C)nc(Br)nc3C(C)C)c3nc(-c4ccccc4F)c(Cl)cc32)CC1C.C=CC(=O)N1CC(C)N(C2=NC(=C)N(c3c(C)nc(C4CC4)nc3C(C)C)c3nc(-c4ccccc4F)c(Cl)cc32)CC1C. The average Bonchev–Trinajstić information content (AvgIpc) is 0.809. The monoisotopic (exact) mass is 1770 g/mol. The number of amides is 3. The zero-order chi connectivity index (χ0) is 88.1. The number of carbonyl (C=O) groups excluding carboxylic acids is 3. The second-order valence-corrected chi connectivity index (χ2v) is 34.6. The number of aliphatic imine (C=N–C) groups is 2. The molecule has 632 valence electrons. The number of amidine groups is 2. The van der Waals surface area contributed by atoms with Gasteiger partial charge in [-0.05, 0) is 176 Å². The Bertz CT molecular complexity index is 5950. The summed E-state index contributed by atoms with van der Waals surface area (Å²) in [6, 6.07) is 23.9. The van der Waals surface area contributed by atoms with E-state index < -0.39 is 28.6 Å². The highest BCUT2D eigenvalue weighted by Gasteiger charge is 2.43.